The molecule has 3 rings (SSSR count). The van der Waals surface area contributed by atoms with Gasteiger partial charge in [0.1, 0.15) is 6.33 Å². The lowest BCUT2D eigenvalue weighted by Gasteiger charge is -2.09. The normalized spacial score (nSPS) is 10.9. The van der Waals surface area contributed by atoms with Crippen molar-refractivity contribution < 1.29 is 4.74 Å². The first-order valence-electron chi connectivity index (χ1n) is 5.60. The molecule has 1 aromatic carbocycles. The van der Waals surface area contributed by atoms with E-state index in [2.05, 4.69) is 15.0 Å². The van der Waals surface area contributed by atoms with E-state index in [-0.39, 0.29) is 5.95 Å². The summed E-state index contributed by atoms with van der Waals surface area (Å²) in [5, 5.41) is 0.891. The molecule has 20 heavy (non-hydrogen) atoms. The van der Waals surface area contributed by atoms with Gasteiger partial charge in [0, 0.05) is 0 Å². The minimum absolute atomic E-state index is 0.203. The van der Waals surface area contributed by atoms with E-state index < -0.39 is 0 Å². The van der Waals surface area contributed by atoms with Gasteiger partial charge >= 0.3 is 0 Å². The number of aromatic nitrogens is 4. The van der Waals surface area contributed by atoms with Gasteiger partial charge in [-0.2, -0.15) is 4.98 Å². The number of rotatable bonds is 2. The summed E-state index contributed by atoms with van der Waals surface area (Å²) < 4.78 is 6.72. The SMILES string of the molecule is COc1ncnc2c1nc(N)n2-c1c(Cl)cccc1Cl. The van der Waals surface area contributed by atoms with Crippen LogP contribution >= 0.6 is 23.2 Å². The molecule has 3 aromatic rings. The highest BCUT2D eigenvalue weighted by molar-refractivity contribution is 6.37. The predicted molar refractivity (Wildman–Crippen MR) is 77.6 cm³/mol. The number of halogens is 2. The first-order valence-corrected chi connectivity index (χ1v) is 6.36. The smallest absolute Gasteiger partial charge is 0.245 e. The lowest BCUT2D eigenvalue weighted by molar-refractivity contribution is 0.401. The van der Waals surface area contributed by atoms with Crippen molar-refractivity contribution in [1.29, 1.82) is 0 Å². The Hall–Kier alpha value is -2.05. The molecule has 102 valence electrons. The zero-order valence-electron chi connectivity index (χ0n) is 10.3. The summed E-state index contributed by atoms with van der Waals surface area (Å²) in [6.07, 6.45) is 1.36. The van der Waals surface area contributed by atoms with Crippen molar-refractivity contribution in [3.63, 3.8) is 0 Å². The van der Waals surface area contributed by atoms with Crippen LogP contribution in [0.3, 0.4) is 0 Å². The van der Waals surface area contributed by atoms with Crippen LogP contribution in [0.1, 0.15) is 0 Å². The Morgan fingerprint density at radius 3 is 2.55 bits per heavy atom. The van der Waals surface area contributed by atoms with Crippen LogP contribution < -0.4 is 10.5 Å². The lowest BCUT2D eigenvalue weighted by Crippen LogP contribution is -2.03. The van der Waals surface area contributed by atoms with E-state index >= 15 is 0 Å². The van der Waals surface area contributed by atoms with E-state index in [1.165, 1.54) is 13.4 Å². The fourth-order valence-electron chi connectivity index (χ4n) is 1.96. The van der Waals surface area contributed by atoms with Crippen LogP contribution in [-0.2, 0) is 0 Å². The van der Waals surface area contributed by atoms with E-state index in [1.54, 1.807) is 22.8 Å². The number of nitrogen functional groups attached to an aromatic ring is 1. The van der Waals surface area contributed by atoms with Crippen LogP contribution in [0.5, 0.6) is 5.88 Å². The number of nitrogens with zero attached hydrogens (tertiary/aromatic N) is 4. The predicted octanol–water partition coefficient (Wildman–Crippen LogP) is 2.71. The molecule has 0 radical (unpaired) electrons. The summed E-state index contributed by atoms with van der Waals surface area (Å²) in [5.41, 5.74) is 7.41. The molecule has 0 spiro atoms. The highest BCUT2D eigenvalue weighted by Gasteiger charge is 2.19. The molecule has 0 bridgehead atoms. The molecule has 6 nitrogen and oxygen atoms in total. The minimum Gasteiger partial charge on any atom is -0.479 e. The number of ether oxygens (including phenoxy) is 1. The number of para-hydroxylation sites is 1. The van der Waals surface area contributed by atoms with E-state index in [1.807, 2.05) is 0 Å². The van der Waals surface area contributed by atoms with Gasteiger partial charge in [0.2, 0.25) is 11.8 Å². The fourth-order valence-corrected chi connectivity index (χ4v) is 2.53. The Labute approximate surface area is 124 Å². The second kappa shape index (κ2) is 4.81. The quantitative estimate of drug-likeness (QED) is 0.787. The van der Waals surface area contributed by atoms with Crippen molar-refractivity contribution in [2.45, 2.75) is 0 Å². The van der Waals surface area contributed by atoms with Gasteiger partial charge in [-0.3, -0.25) is 4.57 Å². The van der Waals surface area contributed by atoms with E-state index in [0.717, 1.165) is 0 Å². The van der Waals surface area contributed by atoms with Gasteiger partial charge in [0.25, 0.3) is 0 Å². The van der Waals surface area contributed by atoms with Crippen molar-refractivity contribution in [1.82, 2.24) is 19.5 Å². The molecule has 2 aromatic heterocycles. The van der Waals surface area contributed by atoms with E-state index in [9.17, 15) is 0 Å². The molecule has 0 saturated carbocycles. The maximum Gasteiger partial charge on any atom is 0.245 e. The highest BCUT2D eigenvalue weighted by atomic mass is 35.5. The third-order valence-corrected chi connectivity index (χ3v) is 3.40. The summed E-state index contributed by atoms with van der Waals surface area (Å²) in [6, 6.07) is 5.18. The highest BCUT2D eigenvalue weighted by Crippen LogP contribution is 2.34. The summed E-state index contributed by atoms with van der Waals surface area (Å²) >= 11 is 12.4. The molecular formula is C12H9Cl2N5O. The molecule has 0 fully saturated rings. The van der Waals surface area contributed by atoms with Gasteiger partial charge in [-0.1, -0.05) is 29.3 Å². The Morgan fingerprint density at radius 1 is 1.20 bits per heavy atom. The maximum absolute atomic E-state index is 6.20. The Morgan fingerprint density at radius 2 is 1.90 bits per heavy atom. The minimum atomic E-state index is 0.203. The zero-order valence-corrected chi connectivity index (χ0v) is 11.9. The van der Waals surface area contributed by atoms with Crippen LogP contribution in [0.4, 0.5) is 5.95 Å². The van der Waals surface area contributed by atoms with Gasteiger partial charge in [-0.15, -0.1) is 0 Å². The monoisotopic (exact) mass is 309 g/mol. The summed E-state index contributed by atoms with van der Waals surface area (Å²) in [7, 11) is 1.50. The topological polar surface area (TPSA) is 78.8 Å². The van der Waals surface area contributed by atoms with Gasteiger partial charge in [0.05, 0.1) is 22.8 Å². The Kier molecular flexibility index (Phi) is 3.11. The molecule has 0 unspecified atom stereocenters. The molecule has 0 atom stereocenters. The number of hydrogen-bond acceptors (Lipinski definition) is 5. The van der Waals surface area contributed by atoms with Gasteiger partial charge in [-0.25, -0.2) is 9.97 Å². The number of benzene rings is 1. The molecular weight excluding hydrogens is 301 g/mol. The lowest BCUT2D eigenvalue weighted by atomic mass is 10.3. The summed E-state index contributed by atoms with van der Waals surface area (Å²) in [6.45, 7) is 0. The molecule has 2 N–H and O–H groups in total. The molecule has 0 aliphatic carbocycles. The van der Waals surface area contributed by atoms with Crippen LogP contribution in [0.15, 0.2) is 24.5 Å². The number of anilines is 1. The van der Waals surface area contributed by atoms with Crippen molar-refractivity contribution in [2.75, 3.05) is 12.8 Å². The van der Waals surface area contributed by atoms with Crippen LogP contribution in [0.2, 0.25) is 10.0 Å². The standard InChI is InChI=1S/C12H9Cl2N5O/c1-20-11-8-10(16-5-17-11)19(12(15)18-8)9-6(13)3-2-4-7(9)14/h2-5H,1H3,(H2,15,18). The Balaban J connectivity index is 2.40. The number of methoxy groups -OCH3 is 1. The summed E-state index contributed by atoms with van der Waals surface area (Å²) in [4.78, 5) is 12.4. The largest absolute Gasteiger partial charge is 0.479 e. The molecule has 0 aliphatic heterocycles. The molecule has 0 aliphatic rings. The van der Waals surface area contributed by atoms with Crippen molar-refractivity contribution in [2.24, 2.45) is 0 Å². The number of hydrogen-bond donors (Lipinski definition) is 1. The maximum atomic E-state index is 6.20. The molecule has 8 heteroatoms. The summed E-state index contributed by atoms with van der Waals surface area (Å²) in [5.74, 6) is 0.539. The van der Waals surface area contributed by atoms with Crippen LogP contribution in [0, 0.1) is 0 Å². The third-order valence-electron chi connectivity index (χ3n) is 2.79. The van der Waals surface area contributed by atoms with Crippen LogP contribution in [0.25, 0.3) is 16.9 Å². The van der Waals surface area contributed by atoms with Gasteiger partial charge in [-0.05, 0) is 12.1 Å². The van der Waals surface area contributed by atoms with Gasteiger partial charge < -0.3 is 10.5 Å². The second-order valence-corrected chi connectivity index (χ2v) is 4.75. The number of nitrogens with two attached hydrogens (primary N) is 1. The molecule has 0 saturated heterocycles. The van der Waals surface area contributed by atoms with E-state index in [0.29, 0.717) is 32.8 Å². The first-order chi connectivity index (χ1) is 9.63. The average Bonchev–Trinajstić information content (AvgIpc) is 2.75. The Bertz CT molecular complexity index is 782. The van der Waals surface area contributed by atoms with Crippen molar-refractivity contribution in [3.05, 3.63) is 34.6 Å². The molecule has 0 amide bonds. The molecule has 2 heterocycles. The average molecular weight is 310 g/mol. The fraction of sp³-hybridized carbons (Fsp3) is 0.0833. The number of fused-ring (bicyclic) bond motifs is 1. The van der Waals surface area contributed by atoms with Gasteiger partial charge in [0.15, 0.2) is 11.2 Å². The first kappa shape index (κ1) is 13.0. The number of imidazole rings is 1. The van der Waals surface area contributed by atoms with Crippen LogP contribution in [-0.4, -0.2) is 26.6 Å². The second-order valence-electron chi connectivity index (χ2n) is 3.93. The van der Waals surface area contributed by atoms with E-state index in [4.69, 9.17) is 33.7 Å². The zero-order chi connectivity index (χ0) is 14.3. The third kappa shape index (κ3) is 1.85. The van der Waals surface area contributed by atoms with Crippen molar-refractivity contribution >= 4 is 40.3 Å². The van der Waals surface area contributed by atoms with Crippen molar-refractivity contribution in [3.8, 4) is 11.6 Å².